The van der Waals surface area contributed by atoms with Crippen molar-refractivity contribution in [2.45, 2.75) is 24.9 Å². The number of carbonyl (C=O) groups is 1. The van der Waals surface area contributed by atoms with Gasteiger partial charge in [-0.15, -0.1) is 11.8 Å². The van der Waals surface area contributed by atoms with Gasteiger partial charge in [0.05, 0.1) is 16.5 Å². The van der Waals surface area contributed by atoms with Gasteiger partial charge in [-0.2, -0.15) is 0 Å². The predicted molar refractivity (Wildman–Crippen MR) is 92.3 cm³/mol. The molecule has 1 amide bonds. The van der Waals surface area contributed by atoms with Crippen LogP contribution in [0.15, 0.2) is 41.1 Å². The lowest BCUT2D eigenvalue weighted by Crippen LogP contribution is -2.22. The number of anilines is 1. The lowest BCUT2D eigenvalue weighted by Gasteiger charge is -2.11. The molecule has 3 aromatic rings. The van der Waals surface area contributed by atoms with Crippen molar-refractivity contribution in [3.8, 4) is 0 Å². The van der Waals surface area contributed by atoms with E-state index in [9.17, 15) is 9.18 Å². The van der Waals surface area contributed by atoms with E-state index in [1.807, 2.05) is 6.92 Å². The number of carbonyl (C=O) groups excluding carboxylic acids is 1. The number of fused-ring (bicyclic) bond motifs is 1. The highest BCUT2D eigenvalue weighted by atomic mass is 32.2. The molecule has 3 rings (SSSR count). The van der Waals surface area contributed by atoms with E-state index in [-0.39, 0.29) is 17.0 Å². The van der Waals surface area contributed by atoms with E-state index < -0.39 is 0 Å². The van der Waals surface area contributed by atoms with Gasteiger partial charge in [-0.05, 0) is 37.6 Å². The first-order valence-corrected chi connectivity index (χ1v) is 8.47. The number of hydrogen-bond donors (Lipinski definition) is 1. The Hall–Kier alpha value is -2.41. The Bertz CT molecular complexity index is 881. The van der Waals surface area contributed by atoms with Crippen LogP contribution in [0.3, 0.4) is 0 Å². The van der Waals surface area contributed by atoms with Crippen molar-refractivity contribution in [2.24, 2.45) is 0 Å². The maximum Gasteiger partial charge on any atom is 0.239 e. The fraction of sp³-hybridized carbons (Fsp3) is 0.235. The van der Waals surface area contributed by atoms with Gasteiger partial charge in [0.25, 0.3) is 0 Å². The van der Waals surface area contributed by atoms with Crippen molar-refractivity contribution < 1.29 is 13.7 Å². The summed E-state index contributed by atoms with van der Waals surface area (Å²) in [6, 6.07) is 8.21. The molecule has 1 atom stereocenters. The number of nitrogens with zero attached hydrogens (tertiary/aromatic N) is 2. The first-order valence-electron chi connectivity index (χ1n) is 7.42. The van der Waals surface area contributed by atoms with Crippen LogP contribution in [-0.2, 0) is 10.5 Å². The number of thioether (sulfide) groups is 1. The van der Waals surface area contributed by atoms with Crippen LogP contribution in [0, 0.1) is 12.7 Å². The van der Waals surface area contributed by atoms with Crippen molar-refractivity contribution in [2.75, 3.05) is 5.32 Å². The molecular weight excluding hydrogens is 329 g/mol. The summed E-state index contributed by atoms with van der Waals surface area (Å²) in [6.07, 6.45) is 1.64. The lowest BCUT2D eigenvalue weighted by molar-refractivity contribution is -0.115. The molecule has 0 saturated carbocycles. The molecule has 2 heterocycles. The molecule has 7 heteroatoms. The number of hydrogen-bond acceptors (Lipinski definition) is 5. The molecule has 1 N–H and O–H groups in total. The Morgan fingerprint density at radius 3 is 3.00 bits per heavy atom. The molecule has 0 aliphatic carbocycles. The smallest absolute Gasteiger partial charge is 0.239 e. The first-order chi connectivity index (χ1) is 11.5. The van der Waals surface area contributed by atoms with E-state index in [0.29, 0.717) is 28.2 Å². The van der Waals surface area contributed by atoms with Crippen LogP contribution in [-0.4, -0.2) is 21.3 Å². The van der Waals surface area contributed by atoms with Gasteiger partial charge in [-0.3, -0.25) is 15.1 Å². The van der Waals surface area contributed by atoms with Crippen LogP contribution >= 0.6 is 11.8 Å². The van der Waals surface area contributed by atoms with E-state index in [4.69, 9.17) is 4.52 Å². The molecule has 0 radical (unpaired) electrons. The molecule has 0 saturated heterocycles. The zero-order valence-electron chi connectivity index (χ0n) is 13.2. The van der Waals surface area contributed by atoms with Crippen molar-refractivity contribution in [1.29, 1.82) is 0 Å². The van der Waals surface area contributed by atoms with Crippen molar-refractivity contribution in [3.05, 3.63) is 53.6 Å². The van der Waals surface area contributed by atoms with Gasteiger partial charge in [0, 0.05) is 23.4 Å². The quantitative estimate of drug-likeness (QED) is 0.759. The van der Waals surface area contributed by atoms with Gasteiger partial charge >= 0.3 is 0 Å². The standard InChI is InChI=1S/C17H16FN3O2S/c1-10-8-15(23-21-10)20-17(22)11(2)24-9-12-5-6-14(18)13-4-3-7-19-16(12)13/h3-8,11H,9H2,1-2H3,(H,20,22)/t11-/m0/s1. The van der Waals surface area contributed by atoms with Crippen LogP contribution in [0.5, 0.6) is 0 Å². The largest absolute Gasteiger partial charge is 0.338 e. The molecule has 0 bridgehead atoms. The summed E-state index contributed by atoms with van der Waals surface area (Å²) in [7, 11) is 0. The number of halogens is 1. The average Bonchev–Trinajstić information content (AvgIpc) is 2.99. The van der Waals surface area contributed by atoms with E-state index in [2.05, 4.69) is 15.5 Å². The Morgan fingerprint density at radius 1 is 1.42 bits per heavy atom. The second kappa shape index (κ2) is 7.00. The fourth-order valence-electron chi connectivity index (χ4n) is 2.25. The lowest BCUT2D eigenvalue weighted by atomic mass is 10.1. The van der Waals surface area contributed by atoms with Gasteiger partial charge in [0.15, 0.2) is 0 Å². The number of benzene rings is 1. The Balaban J connectivity index is 1.67. The molecule has 2 aromatic heterocycles. The third kappa shape index (κ3) is 3.56. The third-order valence-electron chi connectivity index (χ3n) is 3.53. The number of aryl methyl sites for hydroxylation is 1. The van der Waals surface area contributed by atoms with Crippen LogP contribution < -0.4 is 5.32 Å². The number of aromatic nitrogens is 2. The highest BCUT2D eigenvalue weighted by Crippen LogP contribution is 2.25. The van der Waals surface area contributed by atoms with Crippen molar-refractivity contribution in [1.82, 2.24) is 10.1 Å². The Morgan fingerprint density at radius 2 is 2.25 bits per heavy atom. The molecule has 124 valence electrons. The van der Waals surface area contributed by atoms with E-state index in [1.54, 1.807) is 37.4 Å². The van der Waals surface area contributed by atoms with E-state index in [0.717, 1.165) is 5.56 Å². The van der Waals surface area contributed by atoms with Gasteiger partial charge in [-0.1, -0.05) is 11.2 Å². The number of pyridine rings is 1. The van der Waals surface area contributed by atoms with Crippen molar-refractivity contribution >= 4 is 34.5 Å². The van der Waals surface area contributed by atoms with Gasteiger partial charge < -0.3 is 4.52 Å². The molecular formula is C17H16FN3O2S. The summed E-state index contributed by atoms with van der Waals surface area (Å²) in [5.41, 5.74) is 2.23. The topological polar surface area (TPSA) is 68.0 Å². The van der Waals surface area contributed by atoms with Gasteiger partial charge in [-0.25, -0.2) is 4.39 Å². The molecule has 0 fully saturated rings. The van der Waals surface area contributed by atoms with E-state index in [1.165, 1.54) is 17.8 Å². The monoisotopic (exact) mass is 345 g/mol. The minimum atomic E-state index is -0.306. The molecule has 0 aliphatic rings. The van der Waals surface area contributed by atoms with Crippen LogP contribution in [0.1, 0.15) is 18.2 Å². The SMILES string of the molecule is Cc1cc(NC(=O)[C@H](C)SCc2ccc(F)c3cccnc23)on1. The molecule has 1 aromatic carbocycles. The van der Waals surface area contributed by atoms with Gasteiger partial charge in [0.2, 0.25) is 11.8 Å². The minimum Gasteiger partial charge on any atom is -0.338 e. The molecule has 5 nitrogen and oxygen atoms in total. The summed E-state index contributed by atoms with van der Waals surface area (Å²) < 4.78 is 18.8. The minimum absolute atomic E-state index is 0.171. The highest BCUT2D eigenvalue weighted by Gasteiger charge is 2.16. The zero-order valence-corrected chi connectivity index (χ0v) is 14.1. The summed E-state index contributed by atoms with van der Waals surface area (Å²) >= 11 is 1.45. The van der Waals surface area contributed by atoms with Crippen molar-refractivity contribution in [3.63, 3.8) is 0 Å². The van der Waals surface area contributed by atoms with E-state index >= 15 is 0 Å². The number of rotatable bonds is 5. The van der Waals surface area contributed by atoms with Crippen LogP contribution in [0.4, 0.5) is 10.3 Å². The predicted octanol–water partition coefficient (Wildman–Crippen LogP) is 3.93. The molecule has 24 heavy (non-hydrogen) atoms. The summed E-state index contributed by atoms with van der Waals surface area (Å²) in [5, 5.41) is 6.59. The summed E-state index contributed by atoms with van der Waals surface area (Å²) in [6.45, 7) is 3.59. The average molecular weight is 345 g/mol. The third-order valence-corrected chi connectivity index (χ3v) is 4.72. The molecule has 0 aliphatic heterocycles. The second-order valence-electron chi connectivity index (χ2n) is 5.38. The molecule has 0 spiro atoms. The maximum absolute atomic E-state index is 13.8. The first kappa shape index (κ1) is 16.4. The highest BCUT2D eigenvalue weighted by molar-refractivity contribution is 7.99. The number of amides is 1. The number of nitrogens with one attached hydrogen (secondary N) is 1. The van der Waals surface area contributed by atoms with Crippen LogP contribution in [0.25, 0.3) is 10.9 Å². The van der Waals surface area contributed by atoms with Gasteiger partial charge in [0.1, 0.15) is 5.82 Å². The zero-order chi connectivity index (χ0) is 17.1. The fourth-order valence-corrected chi connectivity index (χ4v) is 3.12. The second-order valence-corrected chi connectivity index (χ2v) is 6.71. The normalized spacial score (nSPS) is 12.3. The summed E-state index contributed by atoms with van der Waals surface area (Å²) in [5.74, 6) is 0.422. The maximum atomic E-state index is 13.8. The Labute approximate surface area is 142 Å². The van der Waals surface area contributed by atoms with Crippen LogP contribution in [0.2, 0.25) is 0 Å². The molecule has 0 unspecified atom stereocenters. The Kier molecular flexibility index (Phi) is 4.80. The summed E-state index contributed by atoms with van der Waals surface area (Å²) in [4.78, 5) is 16.4.